The van der Waals surface area contributed by atoms with E-state index in [2.05, 4.69) is 69.5 Å². The average Bonchev–Trinajstić information content (AvgIpc) is 2.63. The Hall–Kier alpha value is -1.65. The third kappa shape index (κ3) is 5.16. The van der Waals surface area contributed by atoms with Gasteiger partial charge in [-0.3, -0.25) is 9.69 Å². The number of nitrogens with zero attached hydrogens (tertiary/aromatic N) is 1. The van der Waals surface area contributed by atoms with Crippen molar-refractivity contribution in [2.75, 3.05) is 13.1 Å². The second-order valence-corrected chi connectivity index (χ2v) is 7.74. The van der Waals surface area contributed by atoms with Crippen molar-refractivity contribution in [3.8, 4) is 0 Å². The van der Waals surface area contributed by atoms with Gasteiger partial charge in [-0.2, -0.15) is 0 Å². The first kappa shape index (κ1) is 18.2. The highest BCUT2D eigenvalue weighted by atomic mass is 79.9. The molecule has 3 nitrogen and oxygen atoms in total. The largest absolute Gasteiger partial charge is 0.352 e. The van der Waals surface area contributed by atoms with Gasteiger partial charge in [0.05, 0.1) is 0 Å². The van der Waals surface area contributed by atoms with Gasteiger partial charge in [-0.15, -0.1) is 0 Å². The van der Waals surface area contributed by atoms with Crippen LogP contribution in [0, 0.1) is 12.8 Å². The van der Waals surface area contributed by atoms with E-state index in [4.69, 9.17) is 0 Å². The molecule has 25 heavy (non-hydrogen) atoms. The Kier molecular flexibility index (Phi) is 6.27. The summed E-state index contributed by atoms with van der Waals surface area (Å²) >= 11 is 3.47. The number of piperidine rings is 1. The third-order valence-electron chi connectivity index (χ3n) is 4.99. The van der Waals surface area contributed by atoms with Crippen molar-refractivity contribution in [3.63, 3.8) is 0 Å². The number of halogens is 1. The number of amides is 1. The number of hydrogen-bond acceptors (Lipinski definition) is 2. The molecule has 1 aliphatic rings. The van der Waals surface area contributed by atoms with Crippen LogP contribution in [0.1, 0.15) is 29.5 Å². The molecule has 1 heterocycles. The maximum Gasteiger partial charge on any atom is 0.223 e. The van der Waals surface area contributed by atoms with Gasteiger partial charge in [-0.05, 0) is 61.7 Å². The predicted octanol–water partition coefficient (Wildman–Crippen LogP) is 4.29. The molecule has 0 radical (unpaired) electrons. The first-order valence-corrected chi connectivity index (χ1v) is 9.70. The molecular weight excluding hydrogens is 376 g/mol. The normalized spacial score (nSPS) is 15.9. The fourth-order valence-electron chi connectivity index (χ4n) is 3.34. The minimum Gasteiger partial charge on any atom is -0.352 e. The molecular formula is C21H25BrN2O. The zero-order valence-electron chi connectivity index (χ0n) is 14.7. The van der Waals surface area contributed by atoms with E-state index < -0.39 is 0 Å². The van der Waals surface area contributed by atoms with E-state index in [0.717, 1.165) is 36.9 Å². The highest BCUT2D eigenvalue weighted by Gasteiger charge is 2.24. The van der Waals surface area contributed by atoms with Gasteiger partial charge in [0.25, 0.3) is 0 Å². The first-order chi connectivity index (χ1) is 12.1. The molecule has 2 aromatic rings. The Labute approximate surface area is 158 Å². The van der Waals surface area contributed by atoms with Gasteiger partial charge in [0, 0.05) is 23.5 Å². The lowest BCUT2D eigenvalue weighted by Crippen LogP contribution is -2.40. The third-order valence-corrected chi connectivity index (χ3v) is 5.52. The summed E-state index contributed by atoms with van der Waals surface area (Å²) in [6.45, 7) is 5.65. The summed E-state index contributed by atoms with van der Waals surface area (Å²) in [7, 11) is 0. The molecule has 132 valence electrons. The monoisotopic (exact) mass is 400 g/mol. The van der Waals surface area contributed by atoms with Gasteiger partial charge in [0.2, 0.25) is 5.91 Å². The summed E-state index contributed by atoms with van der Waals surface area (Å²) < 4.78 is 1.11. The SMILES string of the molecule is Cc1ccccc1CNC(=O)C1CCN(Cc2ccc(Br)cc2)CC1. The molecule has 0 saturated carbocycles. The fraction of sp³-hybridized carbons (Fsp3) is 0.381. The molecule has 3 rings (SSSR count). The number of carbonyl (C=O) groups is 1. The maximum absolute atomic E-state index is 12.5. The number of nitrogens with one attached hydrogen (secondary N) is 1. The molecule has 0 spiro atoms. The number of aryl methyl sites for hydroxylation is 1. The van der Waals surface area contributed by atoms with E-state index in [0.29, 0.717) is 6.54 Å². The number of rotatable bonds is 5. The van der Waals surface area contributed by atoms with Crippen molar-refractivity contribution in [1.82, 2.24) is 10.2 Å². The maximum atomic E-state index is 12.5. The highest BCUT2D eigenvalue weighted by Crippen LogP contribution is 2.20. The van der Waals surface area contributed by atoms with Crippen LogP contribution in [0.4, 0.5) is 0 Å². The first-order valence-electron chi connectivity index (χ1n) is 8.91. The molecule has 4 heteroatoms. The number of likely N-dealkylation sites (tertiary alicyclic amines) is 1. The zero-order chi connectivity index (χ0) is 17.6. The summed E-state index contributed by atoms with van der Waals surface area (Å²) in [5.41, 5.74) is 3.75. The van der Waals surface area contributed by atoms with Crippen molar-refractivity contribution < 1.29 is 4.79 Å². The van der Waals surface area contributed by atoms with E-state index in [-0.39, 0.29) is 11.8 Å². The van der Waals surface area contributed by atoms with Crippen LogP contribution >= 0.6 is 15.9 Å². The van der Waals surface area contributed by atoms with Crippen molar-refractivity contribution in [1.29, 1.82) is 0 Å². The van der Waals surface area contributed by atoms with Crippen molar-refractivity contribution >= 4 is 21.8 Å². The smallest absolute Gasteiger partial charge is 0.223 e. The summed E-state index contributed by atoms with van der Waals surface area (Å²) in [6.07, 6.45) is 1.88. The van der Waals surface area contributed by atoms with Crippen molar-refractivity contribution in [2.45, 2.75) is 32.9 Å². The van der Waals surface area contributed by atoms with Crippen LogP contribution in [0.3, 0.4) is 0 Å². The van der Waals surface area contributed by atoms with Crippen LogP contribution < -0.4 is 5.32 Å². The Morgan fingerprint density at radius 1 is 1.12 bits per heavy atom. The van der Waals surface area contributed by atoms with Gasteiger partial charge in [0.1, 0.15) is 0 Å². The van der Waals surface area contributed by atoms with E-state index in [1.807, 2.05) is 12.1 Å². The van der Waals surface area contributed by atoms with Gasteiger partial charge < -0.3 is 5.32 Å². The zero-order valence-corrected chi connectivity index (χ0v) is 16.3. The minimum absolute atomic E-state index is 0.144. The van der Waals surface area contributed by atoms with E-state index in [1.54, 1.807) is 0 Å². The Bertz CT molecular complexity index is 706. The summed E-state index contributed by atoms with van der Waals surface area (Å²) in [5.74, 6) is 0.344. The molecule has 2 aromatic carbocycles. The Morgan fingerprint density at radius 3 is 2.48 bits per heavy atom. The molecule has 0 unspecified atom stereocenters. The molecule has 1 amide bonds. The Balaban J connectivity index is 1.44. The van der Waals surface area contributed by atoms with Crippen molar-refractivity contribution in [2.24, 2.45) is 5.92 Å². The van der Waals surface area contributed by atoms with Crippen LogP contribution in [-0.2, 0) is 17.9 Å². The number of carbonyl (C=O) groups excluding carboxylic acids is 1. The van der Waals surface area contributed by atoms with Gasteiger partial charge >= 0.3 is 0 Å². The fourth-order valence-corrected chi connectivity index (χ4v) is 3.60. The quantitative estimate of drug-likeness (QED) is 0.811. The Morgan fingerprint density at radius 2 is 1.80 bits per heavy atom. The van der Waals surface area contributed by atoms with Crippen LogP contribution in [0.25, 0.3) is 0 Å². The number of hydrogen-bond donors (Lipinski definition) is 1. The summed E-state index contributed by atoms with van der Waals surface area (Å²) in [6, 6.07) is 16.7. The average molecular weight is 401 g/mol. The predicted molar refractivity (Wildman–Crippen MR) is 105 cm³/mol. The minimum atomic E-state index is 0.144. The van der Waals surface area contributed by atoms with Gasteiger partial charge in [-0.25, -0.2) is 0 Å². The standard InChI is InChI=1S/C21H25BrN2O/c1-16-4-2-3-5-19(16)14-23-21(25)18-10-12-24(13-11-18)15-17-6-8-20(22)9-7-17/h2-9,18H,10-15H2,1H3,(H,23,25). The molecule has 1 fully saturated rings. The van der Waals surface area contributed by atoms with Crippen LogP contribution in [0.15, 0.2) is 53.0 Å². The molecule has 1 saturated heterocycles. The number of benzene rings is 2. The molecule has 0 atom stereocenters. The van der Waals surface area contributed by atoms with Crippen molar-refractivity contribution in [3.05, 3.63) is 69.7 Å². The molecule has 1 N–H and O–H groups in total. The van der Waals surface area contributed by atoms with E-state index in [9.17, 15) is 4.79 Å². The second kappa shape index (κ2) is 8.63. The van der Waals surface area contributed by atoms with Crippen LogP contribution in [0.5, 0.6) is 0 Å². The lowest BCUT2D eigenvalue weighted by Gasteiger charge is -2.31. The van der Waals surface area contributed by atoms with E-state index >= 15 is 0 Å². The summed E-state index contributed by atoms with van der Waals surface area (Å²) in [5, 5.41) is 3.12. The molecule has 0 aliphatic carbocycles. The lowest BCUT2D eigenvalue weighted by atomic mass is 9.95. The molecule has 1 aliphatic heterocycles. The van der Waals surface area contributed by atoms with Gasteiger partial charge in [0.15, 0.2) is 0 Å². The summed E-state index contributed by atoms with van der Waals surface area (Å²) in [4.78, 5) is 14.9. The lowest BCUT2D eigenvalue weighted by molar-refractivity contribution is -0.126. The second-order valence-electron chi connectivity index (χ2n) is 6.82. The van der Waals surface area contributed by atoms with Crippen LogP contribution in [0.2, 0.25) is 0 Å². The van der Waals surface area contributed by atoms with Gasteiger partial charge in [-0.1, -0.05) is 52.3 Å². The van der Waals surface area contributed by atoms with E-state index in [1.165, 1.54) is 16.7 Å². The topological polar surface area (TPSA) is 32.3 Å². The van der Waals surface area contributed by atoms with Crippen LogP contribution in [-0.4, -0.2) is 23.9 Å². The molecule has 0 aromatic heterocycles. The highest BCUT2D eigenvalue weighted by molar-refractivity contribution is 9.10. The molecule has 0 bridgehead atoms.